The van der Waals surface area contributed by atoms with Gasteiger partial charge in [0.2, 0.25) is 0 Å². The van der Waals surface area contributed by atoms with Gasteiger partial charge in [-0.05, 0) is 0 Å². The molecule has 0 bridgehead atoms. The van der Waals surface area contributed by atoms with Gasteiger partial charge < -0.3 is 16.0 Å². The van der Waals surface area contributed by atoms with Crippen LogP contribution in [0.5, 0.6) is 0 Å². The van der Waals surface area contributed by atoms with Gasteiger partial charge in [-0.2, -0.15) is 0 Å². The van der Waals surface area contributed by atoms with E-state index in [2.05, 4.69) is 20.3 Å². The molecule has 2 aromatic rings. The molecule has 2 rings (SSSR count). The predicted octanol–water partition coefficient (Wildman–Crippen LogP) is 0.255. The lowest BCUT2D eigenvalue weighted by atomic mass is 10.4. The Morgan fingerprint density at radius 2 is 2.50 bits per heavy atom. The number of nitrogens with two attached hydrogens (primary N) is 1. The third-order valence-corrected chi connectivity index (χ3v) is 2.82. The van der Waals surface area contributed by atoms with Crippen LogP contribution < -0.4 is 11.1 Å². The van der Waals surface area contributed by atoms with Gasteiger partial charge in [-0.1, -0.05) is 0 Å². The van der Waals surface area contributed by atoms with Crippen LogP contribution >= 0.6 is 11.3 Å². The van der Waals surface area contributed by atoms with Crippen molar-refractivity contribution in [1.82, 2.24) is 20.3 Å². The standard InChI is InChI=1S/C9H11N5OS/c10-1-8-14-7(4-16-8)9(15)12-3-6-2-11-5-13-6/h2,4-5H,1,3,10H2,(H,11,13)(H,12,15). The Bertz CT molecular complexity index is 464. The molecular weight excluding hydrogens is 226 g/mol. The molecule has 0 radical (unpaired) electrons. The van der Waals surface area contributed by atoms with Gasteiger partial charge in [0.15, 0.2) is 0 Å². The van der Waals surface area contributed by atoms with Crippen molar-refractivity contribution in [3.8, 4) is 0 Å². The number of rotatable bonds is 4. The summed E-state index contributed by atoms with van der Waals surface area (Å²) in [5.74, 6) is -0.203. The SMILES string of the molecule is NCc1nc(C(=O)NCc2cnc[nH]2)cs1. The molecule has 16 heavy (non-hydrogen) atoms. The maximum atomic E-state index is 11.6. The lowest BCUT2D eigenvalue weighted by Gasteiger charge is -1.99. The molecule has 7 heteroatoms. The third kappa shape index (κ3) is 2.44. The first-order chi connectivity index (χ1) is 7.79. The predicted molar refractivity (Wildman–Crippen MR) is 59.8 cm³/mol. The minimum Gasteiger partial charge on any atom is -0.347 e. The van der Waals surface area contributed by atoms with E-state index in [4.69, 9.17) is 5.73 Å². The smallest absolute Gasteiger partial charge is 0.271 e. The molecule has 2 heterocycles. The van der Waals surface area contributed by atoms with Crippen LogP contribution in [0.2, 0.25) is 0 Å². The summed E-state index contributed by atoms with van der Waals surface area (Å²) >= 11 is 1.38. The zero-order valence-electron chi connectivity index (χ0n) is 8.43. The molecule has 4 N–H and O–H groups in total. The number of aromatic nitrogens is 3. The lowest BCUT2D eigenvalue weighted by molar-refractivity contribution is 0.0946. The first-order valence-electron chi connectivity index (χ1n) is 4.69. The Labute approximate surface area is 95.9 Å². The number of H-pyrrole nitrogens is 1. The van der Waals surface area contributed by atoms with Crippen molar-refractivity contribution in [3.05, 3.63) is 34.3 Å². The fourth-order valence-corrected chi connectivity index (χ4v) is 1.81. The van der Waals surface area contributed by atoms with E-state index in [1.165, 1.54) is 11.3 Å². The summed E-state index contributed by atoms with van der Waals surface area (Å²) < 4.78 is 0. The van der Waals surface area contributed by atoms with Gasteiger partial charge in [0.05, 0.1) is 18.6 Å². The van der Waals surface area contributed by atoms with Crippen molar-refractivity contribution in [1.29, 1.82) is 0 Å². The second-order valence-corrected chi connectivity index (χ2v) is 4.03. The fraction of sp³-hybridized carbons (Fsp3) is 0.222. The van der Waals surface area contributed by atoms with Crippen LogP contribution in [0.25, 0.3) is 0 Å². The first kappa shape index (κ1) is 10.8. The van der Waals surface area contributed by atoms with Crippen LogP contribution in [0, 0.1) is 0 Å². The highest BCUT2D eigenvalue weighted by atomic mass is 32.1. The van der Waals surface area contributed by atoms with Crippen molar-refractivity contribution in [3.63, 3.8) is 0 Å². The molecule has 0 aliphatic carbocycles. The lowest BCUT2D eigenvalue weighted by Crippen LogP contribution is -2.23. The molecule has 6 nitrogen and oxygen atoms in total. The third-order valence-electron chi connectivity index (χ3n) is 1.95. The van der Waals surface area contributed by atoms with Crippen molar-refractivity contribution < 1.29 is 4.79 Å². The number of amides is 1. The molecule has 0 saturated heterocycles. The number of nitrogens with zero attached hydrogens (tertiary/aromatic N) is 2. The zero-order valence-corrected chi connectivity index (χ0v) is 9.25. The van der Waals surface area contributed by atoms with Gasteiger partial charge >= 0.3 is 0 Å². The Hall–Kier alpha value is -1.73. The number of hydrogen-bond acceptors (Lipinski definition) is 5. The Morgan fingerprint density at radius 1 is 1.62 bits per heavy atom. The molecule has 0 saturated carbocycles. The van der Waals surface area contributed by atoms with Gasteiger partial charge in [0.1, 0.15) is 10.7 Å². The van der Waals surface area contributed by atoms with Crippen LogP contribution in [0.3, 0.4) is 0 Å². The Kier molecular flexibility index (Phi) is 3.28. The Morgan fingerprint density at radius 3 is 3.12 bits per heavy atom. The summed E-state index contributed by atoms with van der Waals surface area (Å²) in [6.07, 6.45) is 3.23. The average molecular weight is 237 g/mol. The van der Waals surface area contributed by atoms with Gasteiger partial charge in [-0.15, -0.1) is 11.3 Å². The van der Waals surface area contributed by atoms with E-state index in [1.54, 1.807) is 17.9 Å². The van der Waals surface area contributed by atoms with Crippen LogP contribution in [-0.4, -0.2) is 20.9 Å². The van der Waals surface area contributed by atoms with E-state index < -0.39 is 0 Å². The Balaban J connectivity index is 1.93. The molecule has 0 unspecified atom stereocenters. The maximum absolute atomic E-state index is 11.6. The number of carbonyl (C=O) groups excluding carboxylic acids is 1. The maximum Gasteiger partial charge on any atom is 0.271 e. The monoisotopic (exact) mass is 237 g/mol. The molecule has 0 aliphatic heterocycles. The molecule has 0 spiro atoms. The second-order valence-electron chi connectivity index (χ2n) is 3.09. The number of hydrogen-bond donors (Lipinski definition) is 3. The van der Waals surface area contributed by atoms with Crippen molar-refractivity contribution >= 4 is 17.2 Å². The molecule has 84 valence electrons. The van der Waals surface area contributed by atoms with Crippen molar-refractivity contribution in [2.45, 2.75) is 13.1 Å². The number of aromatic amines is 1. The number of nitrogens with one attached hydrogen (secondary N) is 2. The minimum absolute atomic E-state index is 0.203. The topological polar surface area (TPSA) is 96.7 Å². The minimum atomic E-state index is -0.203. The number of carbonyl (C=O) groups is 1. The van der Waals surface area contributed by atoms with Crippen LogP contribution in [0.4, 0.5) is 0 Å². The van der Waals surface area contributed by atoms with Gasteiger partial charge in [0.25, 0.3) is 5.91 Å². The van der Waals surface area contributed by atoms with E-state index >= 15 is 0 Å². The summed E-state index contributed by atoms with van der Waals surface area (Å²) in [5, 5.41) is 5.19. The second kappa shape index (κ2) is 4.86. The molecular formula is C9H11N5OS. The highest BCUT2D eigenvalue weighted by Crippen LogP contribution is 2.08. The summed E-state index contributed by atoms with van der Waals surface area (Å²) in [4.78, 5) is 22.5. The number of thiazole rings is 1. The molecule has 0 aromatic carbocycles. The molecule has 0 aliphatic rings. The highest BCUT2D eigenvalue weighted by molar-refractivity contribution is 7.09. The molecule has 2 aromatic heterocycles. The van der Waals surface area contributed by atoms with Gasteiger partial charge in [0, 0.05) is 18.1 Å². The largest absolute Gasteiger partial charge is 0.347 e. The van der Waals surface area contributed by atoms with E-state index in [-0.39, 0.29) is 5.91 Å². The highest BCUT2D eigenvalue weighted by Gasteiger charge is 2.09. The van der Waals surface area contributed by atoms with E-state index in [0.29, 0.717) is 18.8 Å². The number of imidazole rings is 1. The van der Waals surface area contributed by atoms with E-state index in [1.807, 2.05) is 0 Å². The summed E-state index contributed by atoms with van der Waals surface area (Å²) in [5.41, 5.74) is 6.67. The van der Waals surface area contributed by atoms with Crippen molar-refractivity contribution in [2.75, 3.05) is 0 Å². The zero-order chi connectivity index (χ0) is 11.4. The summed E-state index contributed by atoms with van der Waals surface area (Å²) in [7, 11) is 0. The van der Waals surface area contributed by atoms with Crippen molar-refractivity contribution in [2.24, 2.45) is 5.73 Å². The van der Waals surface area contributed by atoms with Crippen LogP contribution in [0.1, 0.15) is 21.2 Å². The van der Waals surface area contributed by atoms with Gasteiger partial charge in [-0.25, -0.2) is 9.97 Å². The van der Waals surface area contributed by atoms with E-state index in [0.717, 1.165) is 10.7 Å². The van der Waals surface area contributed by atoms with Crippen LogP contribution in [-0.2, 0) is 13.1 Å². The first-order valence-corrected chi connectivity index (χ1v) is 5.57. The molecule has 0 fully saturated rings. The molecule has 1 amide bonds. The normalized spacial score (nSPS) is 10.3. The molecule has 0 atom stereocenters. The summed E-state index contributed by atoms with van der Waals surface area (Å²) in [6.45, 7) is 0.771. The quantitative estimate of drug-likeness (QED) is 0.710. The average Bonchev–Trinajstić information content (AvgIpc) is 2.96. The fourth-order valence-electron chi connectivity index (χ4n) is 1.16. The van der Waals surface area contributed by atoms with Crippen LogP contribution in [0.15, 0.2) is 17.9 Å². The summed E-state index contributed by atoms with van der Waals surface area (Å²) in [6, 6.07) is 0. The van der Waals surface area contributed by atoms with E-state index in [9.17, 15) is 4.79 Å². The van der Waals surface area contributed by atoms with Gasteiger partial charge in [-0.3, -0.25) is 4.79 Å².